The van der Waals surface area contributed by atoms with Gasteiger partial charge in [-0.05, 0) is 41.8 Å². The number of imidazole rings is 1. The standard InChI is InChI=1S/C21H19ClN6O/c22-17-3-1-2-16(10-17)21(29)26-14-28(27-9-7-18-12-23-13-25-18)19-5-4-15-6-8-24-20(15)11-19/h1-6,8,10-14,24,27H,7,9H2,(H,23,25). The van der Waals surface area contributed by atoms with E-state index >= 15 is 0 Å². The van der Waals surface area contributed by atoms with Gasteiger partial charge < -0.3 is 9.97 Å². The van der Waals surface area contributed by atoms with Crippen molar-refractivity contribution in [2.75, 3.05) is 11.6 Å². The first-order valence-electron chi connectivity index (χ1n) is 9.10. The zero-order valence-corrected chi connectivity index (χ0v) is 16.2. The molecule has 2 aromatic heterocycles. The van der Waals surface area contributed by atoms with Gasteiger partial charge in [-0.15, -0.1) is 0 Å². The highest BCUT2D eigenvalue weighted by Crippen LogP contribution is 2.20. The Hall–Kier alpha value is -3.42. The lowest BCUT2D eigenvalue weighted by molar-refractivity contribution is 0.100. The number of hydrogen-bond acceptors (Lipinski definition) is 3. The first-order valence-corrected chi connectivity index (χ1v) is 9.48. The van der Waals surface area contributed by atoms with Gasteiger partial charge in [-0.2, -0.15) is 4.99 Å². The summed E-state index contributed by atoms with van der Waals surface area (Å²) in [7, 11) is 0. The number of aromatic amines is 2. The number of carbonyl (C=O) groups excluding carboxylic acids is 1. The molecular formula is C21H19ClN6O. The minimum Gasteiger partial charge on any atom is -0.361 e. The second-order valence-electron chi connectivity index (χ2n) is 6.41. The van der Waals surface area contributed by atoms with E-state index in [2.05, 4.69) is 25.4 Å². The monoisotopic (exact) mass is 406 g/mol. The van der Waals surface area contributed by atoms with Crippen LogP contribution in [0.3, 0.4) is 0 Å². The van der Waals surface area contributed by atoms with Crippen LogP contribution < -0.4 is 10.4 Å². The number of H-pyrrole nitrogens is 2. The van der Waals surface area contributed by atoms with Gasteiger partial charge in [0, 0.05) is 47.2 Å². The van der Waals surface area contributed by atoms with Crippen molar-refractivity contribution in [2.24, 2.45) is 4.99 Å². The highest BCUT2D eigenvalue weighted by atomic mass is 35.5. The van der Waals surface area contributed by atoms with Crippen LogP contribution >= 0.6 is 11.6 Å². The van der Waals surface area contributed by atoms with Crippen LogP contribution in [-0.4, -0.2) is 33.7 Å². The largest absolute Gasteiger partial charge is 0.361 e. The summed E-state index contributed by atoms with van der Waals surface area (Å²) < 4.78 is 0. The molecule has 0 bridgehead atoms. The third-order valence-corrected chi connectivity index (χ3v) is 4.65. The number of rotatable bonds is 7. The molecule has 0 aliphatic carbocycles. The van der Waals surface area contributed by atoms with E-state index in [1.54, 1.807) is 41.8 Å². The van der Waals surface area contributed by atoms with E-state index in [-0.39, 0.29) is 5.91 Å². The molecule has 0 aliphatic rings. The first kappa shape index (κ1) is 18.9. The summed E-state index contributed by atoms with van der Waals surface area (Å²) in [6, 6.07) is 14.7. The third kappa shape index (κ3) is 4.71. The molecule has 0 saturated heterocycles. The fourth-order valence-corrected chi connectivity index (χ4v) is 3.11. The van der Waals surface area contributed by atoms with Gasteiger partial charge in [0.15, 0.2) is 0 Å². The minimum atomic E-state index is -0.367. The molecule has 146 valence electrons. The molecule has 8 heteroatoms. The van der Waals surface area contributed by atoms with E-state index in [9.17, 15) is 4.79 Å². The Balaban J connectivity index is 1.53. The molecule has 2 aromatic carbocycles. The normalized spacial score (nSPS) is 11.3. The molecule has 0 unspecified atom stereocenters. The number of amides is 1. The average Bonchev–Trinajstić information content (AvgIpc) is 3.41. The number of nitrogens with zero attached hydrogens (tertiary/aromatic N) is 3. The topological polar surface area (TPSA) is 89.2 Å². The minimum absolute atomic E-state index is 0.367. The van der Waals surface area contributed by atoms with Crippen LogP contribution in [-0.2, 0) is 6.42 Å². The molecule has 29 heavy (non-hydrogen) atoms. The van der Waals surface area contributed by atoms with Crippen molar-refractivity contribution in [1.29, 1.82) is 0 Å². The van der Waals surface area contributed by atoms with E-state index in [0.717, 1.165) is 28.7 Å². The zero-order valence-electron chi connectivity index (χ0n) is 15.5. The Morgan fingerprint density at radius 2 is 2.14 bits per heavy atom. The summed E-state index contributed by atoms with van der Waals surface area (Å²) in [5.41, 5.74) is 6.60. The molecule has 0 spiro atoms. The highest BCUT2D eigenvalue weighted by Gasteiger charge is 2.09. The molecule has 0 aliphatic heterocycles. The van der Waals surface area contributed by atoms with Gasteiger partial charge in [0.1, 0.15) is 6.34 Å². The average molecular weight is 407 g/mol. The number of nitrogens with one attached hydrogen (secondary N) is 3. The predicted octanol–water partition coefficient (Wildman–Crippen LogP) is 3.97. The van der Waals surface area contributed by atoms with Crippen LogP contribution in [0.1, 0.15) is 16.1 Å². The molecule has 7 nitrogen and oxygen atoms in total. The van der Waals surface area contributed by atoms with Crippen molar-refractivity contribution in [3.05, 3.63) is 83.5 Å². The summed E-state index contributed by atoms with van der Waals surface area (Å²) in [6.45, 7) is 0.627. The number of halogens is 1. The van der Waals surface area contributed by atoms with E-state index in [0.29, 0.717) is 17.1 Å². The number of fused-ring (bicyclic) bond motifs is 1. The highest BCUT2D eigenvalue weighted by molar-refractivity contribution is 6.31. The Kier molecular flexibility index (Phi) is 5.69. The van der Waals surface area contributed by atoms with Crippen LogP contribution in [0.4, 0.5) is 5.69 Å². The maximum Gasteiger partial charge on any atom is 0.278 e. The lowest BCUT2D eigenvalue weighted by Crippen LogP contribution is -2.38. The SMILES string of the molecule is O=C(N=CN(NCCc1cnc[nH]1)c1ccc2cc[nH]c2c1)c1cccc(Cl)c1. The van der Waals surface area contributed by atoms with Gasteiger partial charge in [-0.1, -0.05) is 23.7 Å². The maximum atomic E-state index is 12.4. The fraction of sp³-hybridized carbons (Fsp3) is 0.0952. The van der Waals surface area contributed by atoms with Crippen LogP contribution in [0.2, 0.25) is 5.02 Å². The second kappa shape index (κ2) is 8.72. The van der Waals surface area contributed by atoms with Gasteiger partial charge in [-0.25, -0.2) is 10.4 Å². The summed E-state index contributed by atoms with van der Waals surface area (Å²) >= 11 is 5.97. The number of aliphatic imine (C=N–C) groups is 1. The molecule has 0 radical (unpaired) electrons. The molecule has 3 N–H and O–H groups in total. The summed E-state index contributed by atoms with van der Waals surface area (Å²) in [5, 5.41) is 3.34. The lowest BCUT2D eigenvalue weighted by atomic mass is 10.2. The molecule has 2 heterocycles. The number of anilines is 1. The van der Waals surface area contributed by atoms with Crippen molar-refractivity contribution in [2.45, 2.75) is 6.42 Å². The van der Waals surface area contributed by atoms with E-state index < -0.39 is 0 Å². The molecular weight excluding hydrogens is 388 g/mol. The van der Waals surface area contributed by atoms with Gasteiger partial charge in [0.05, 0.1) is 12.0 Å². The Morgan fingerprint density at radius 3 is 2.97 bits per heavy atom. The smallest absolute Gasteiger partial charge is 0.278 e. The van der Waals surface area contributed by atoms with Gasteiger partial charge >= 0.3 is 0 Å². The fourth-order valence-electron chi connectivity index (χ4n) is 2.92. The first-order chi connectivity index (χ1) is 14.2. The number of hydrogen-bond donors (Lipinski definition) is 3. The summed E-state index contributed by atoms with van der Waals surface area (Å²) in [5.74, 6) is -0.367. The molecule has 0 atom stereocenters. The second-order valence-corrected chi connectivity index (χ2v) is 6.85. The quantitative estimate of drug-likeness (QED) is 0.246. The van der Waals surface area contributed by atoms with E-state index in [1.165, 1.54) is 6.34 Å². The van der Waals surface area contributed by atoms with Crippen LogP contribution in [0.5, 0.6) is 0 Å². The Labute approximate surface area is 172 Å². The summed E-state index contributed by atoms with van der Waals surface area (Å²) in [6.07, 6.45) is 7.56. The Bertz CT molecular complexity index is 1140. The van der Waals surface area contributed by atoms with Crippen molar-refractivity contribution in [3.63, 3.8) is 0 Å². The Morgan fingerprint density at radius 1 is 1.21 bits per heavy atom. The van der Waals surface area contributed by atoms with Crippen LogP contribution in [0.25, 0.3) is 10.9 Å². The van der Waals surface area contributed by atoms with Gasteiger partial charge in [0.25, 0.3) is 5.91 Å². The van der Waals surface area contributed by atoms with E-state index in [1.807, 2.05) is 30.5 Å². The maximum absolute atomic E-state index is 12.4. The molecule has 4 aromatic rings. The number of hydrazine groups is 1. The van der Waals surface area contributed by atoms with Gasteiger partial charge in [0.2, 0.25) is 0 Å². The van der Waals surface area contributed by atoms with Crippen molar-refractivity contribution >= 4 is 40.4 Å². The number of carbonyl (C=O) groups is 1. The van der Waals surface area contributed by atoms with Crippen molar-refractivity contribution < 1.29 is 4.79 Å². The number of benzene rings is 2. The predicted molar refractivity (Wildman–Crippen MR) is 115 cm³/mol. The molecule has 1 amide bonds. The molecule has 4 rings (SSSR count). The van der Waals surface area contributed by atoms with Crippen LogP contribution in [0.15, 0.2) is 72.2 Å². The van der Waals surface area contributed by atoms with Crippen molar-refractivity contribution in [3.8, 4) is 0 Å². The zero-order chi connectivity index (χ0) is 20.1. The third-order valence-electron chi connectivity index (χ3n) is 4.41. The van der Waals surface area contributed by atoms with Gasteiger partial charge in [-0.3, -0.25) is 9.80 Å². The molecule has 0 fully saturated rings. The van der Waals surface area contributed by atoms with E-state index in [4.69, 9.17) is 11.6 Å². The molecule has 0 saturated carbocycles. The summed E-state index contributed by atoms with van der Waals surface area (Å²) in [4.78, 5) is 26.8. The number of aromatic nitrogens is 3. The lowest BCUT2D eigenvalue weighted by Gasteiger charge is -2.20. The van der Waals surface area contributed by atoms with Crippen LogP contribution in [0, 0.1) is 0 Å². The van der Waals surface area contributed by atoms with Crippen molar-refractivity contribution in [1.82, 2.24) is 20.4 Å².